The summed E-state index contributed by atoms with van der Waals surface area (Å²) >= 11 is 0. The number of Topliss-reactive ketones (excluding diaryl/α,β-unsaturated/α-hetero) is 1. The average Bonchev–Trinajstić information content (AvgIpc) is 2.37. The first-order valence-electron chi connectivity index (χ1n) is 5.67. The Morgan fingerprint density at radius 3 is 2.65 bits per heavy atom. The third-order valence-corrected chi connectivity index (χ3v) is 2.73. The minimum atomic E-state index is -0.980. The van der Waals surface area contributed by atoms with Gasteiger partial charge in [-0.2, -0.15) is 0 Å². The third kappa shape index (κ3) is 2.20. The van der Waals surface area contributed by atoms with E-state index in [0.717, 1.165) is 11.5 Å². The van der Waals surface area contributed by atoms with Crippen LogP contribution in [0.3, 0.4) is 0 Å². The van der Waals surface area contributed by atoms with E-state index in [2.05, 4.69) is 0 Å². The zero-order valence-corrected chi connectivity index (χ0v) is 10.8. The van der Waals surface area contributed by atoms with Gasteiger partial charge in [0.05, 0.1) is 18.4 Å². The summed E-state index contributed by atoms with van der Waals surface area (Å²) in [5, 5.41) is 12.1. The number of ether oxygens (including phenoxy) is 1. The van der Waals surface area contributed by atoms with Gasteiger partial charge >= 0.3 is 5.69 Å². The molecule has 0 aliphatic heterocycles. The maximum absolute atomic E-state index is 12.1. The van der Waals surface area contributed by atoms with Crippen LogP contribution in [0.4, 0.5) is 0 Å². The molecule has 0 bridgehead atoms. The molecule has 0 atom stereocenters. The molecule has 2 rings (SSSR count). The minimum absolute atomic E-state index is 0.207. The Morgan fingerprint density at radius 2 is 2.05 bits per heavy atom. The first-order chi connectivity index (χ1) is 9.45. The molecule has 7 heteroatoms. The van der Waals surface area contributed by atoms with Crippen LogP contribution in [0.25, 0.3) is 5.69 Å². The van der Waals surface area contributed by atoms with Crippen molar-refractivity contribution in [2.45, 2.75) is 6.92 Å². The van der Waals surface area contributed by atoms with Gasteiger partial charge in [-0.25, -0.2) is 4.79 Å². The average molecular weight is 275 g/mol. The highest BCUT2D eigenvalue weighted by molar-refractivity contribution is 5.95. The van der Waals surface area contributed by atoms with Gasteiger partial charge in [-0.1, -0.05) is 6.07 Å². The highest BCUT2D eigenvalue weighted by Gasteiger charge is 2.13. The molecule has 0 fully saturated rings. The molecule has 0 amide bonds. The molecule has 1 aromatic heterocycles. The molecule has 1 N–H and O–H groups in total. The lowest BCUT2D eigenvalue weighted by Crippen LogP contribution is -2.35. The highest BCUT2D eigenvalue weighted by atomic mass is 16.5. The number of aromatic amines is 1. The van der Waals surface area contributed by atoms with E-state index in [1.54, 1.807) is 12.1 Å². The van der Waals surface area contributed by atoms with Crippen molar-refractivity contribution in [1.82, 2.24) is 9.55 Å². The smallest absolute Gasteiger partial charge is 0.332 e. The van der Waals surface area contributed by atoms with Crippen LogP contribution in [-0.2, 0) is 0 Å². The normalized spacial score (nSPS) is 10.3. The molecule has 1 heterocycles. The lowest BCUT2D eigenvalue weighted by molar-refractivity contribution is -0.278. The van der Waals surface area contributed by atoms with Gasteiger partial charge < -0.3 is 9.84 Å². The van der Waals surface area contributed by atoms with E-state index in [-0.39, 0.29) is 5.69 Å². The molecular weight excluding hydrogens is 264 g/mol. The number of carbonyl (C=O) groups is 1. The van der Waals surface area contributed by atoms with Crippen LogP contribution in [0.5, 0.6) is 11.6 Å². The summed E-state index contributed by atoms with van der Waals surface area (Å²) < 4.78 is 5.72. The van der Waals surface area contributed by atoms with E-state index in [0.29, 0.717) is 5.75 Å². The first-order valence-corrected chi connectivity index (χ1v) is 5.67. The summed E-state index contributed by atoms with van der Waals surface area (Å²) in [7, 11) is 1.44. The van der Waals surface area contributed by atoms with Crippen molar-refractivity contribution in [3.8, 4) is 17.3 Å². The number of hydrogen-bond acceptors (Lipinski definition) is 5. The van der Waals surface area contributed by atoms with Crippen molar-refractivity contribution in [3.63, 3.8) is 0 Å². The van der Waals surface area contributed by atoms with Crippen LogP contribution < -0.4 is 21.1 Å². The number of nitrogens with one attached hydrogen (secondary N) is 1. The Hall–Kier alpha value is -2.83. The molecule has 0 unspecified atom stereocenters. The van der Waals surface area contributed by atoms with E-state index < -0.39 is 28.5 Å². The van der Waals surface area contributed by atoms with Crippen molar-refractivity contribution in [1.29, 1.82) is 0 Å². The highest BCUT2D eigenvalue weighted by Crippen LogP contribution is 2.18. The van der Waals surface area contributed by atoms with E-state index >= 15 is 0 Å². The van der Waals surface area contributed by atoms with E-state index in [9.17, 15) is 19.5 Å². The third-order valence-electron chi connectivity index (χ3n) is 2.73. The molecule has 0 aliphatic carbocycles. The van der Waals surface area contributed by atoms with Crippen LogP contribution in [0.15, 0.2) is 33.9 Å². The quantitative estimate of drug-likeness (QED) is 0.782. The SMILES string of the molecule is COc1cccc(-n2c([O-])c(C(C)=O)c(=O)[nH]c2=O)c1. The van der Waals surface area contributed by atoms with Crippen molar-refractivity contribution in [2.24, 2.45) is 0 Å². The maximum Gasteiger partial charge on any atom is 0.332 e. The predicted molar refractivity (Wildman–Crippen MR) is 68.7 cm³/mol. The van der Waals surface area contributed by atoms with Gasteiger partial charge in [0.1, 0.15) is 5.75 Å². The number of ketones is 1. The Balaban J connectivity index is 2.80. The molecule has 0 radical (unpaired) electrons. The molecule has 20 heavy (non-hydrogen) atoms. The summed E-state index contributed by atoms with van der Waals surface area (Å²) in [6.45, 7) is 1.09. The molecule has 0 saturated carbocycles. The Kier molecular flexibility index (Phi) is 3.43. The van der Waals surface area contributed by atoms with Gasteiger partial charge in [0.25, 0.3) is 5.56 Å². The molecule has 1 aromatic carbocycles. The molecule has 0 aliphatic rings. The number of aromatic nitrogens is 2. The number of benzene rings is 1. The van der Waals surface area contributed by atoms with Gasteiger partial charge in [-0.3, -0.25) is 19.1 Å². The molecule has 104 valence electrons. The second-order valence-corrected chi connectivity index (χ2v) is 4.03. The van der Waals surface area contributed by atoms with Gasteiger partial charge in [0.2, 0.25) is 0 Å². The van der Waals surface area contributed by atoms with Gasteiger partial charge in [0.15, 0.2) is 5.78 Å². The van der Waals surface area contributed by atoms with E-state index in [1.807, 2.05) is 4.98 Å². The second kappa shape index (κ2) is 5.04. The van der Waals surface area contributed by atoms with Crippen LogP contribution >= 0.6 is 0 Å². The van der Waals surface area contributed by atoms with Crippen LogP contribution in [0.1, 0.15) is 17.3 Å². The second-order valence-electron chi connectivity index (χ2n) is 4.03. The number of hydrogen-bond donors (Lipinski definition) is 1. The summed E-state index contributed by atoms with van der Waals surface area (Å²) in [4.78, 5) is 36.6. The summed E-state index contributed by atoms with van der Waals surface area (Å²) in [6, 6.07) is 6.16. The van der Waals surface area contributed by atoms with Gasteiger partial charge in [0, 0.05) is 6.07 Å². The number of methoxy groups -OCH3 is 1. The van der Waals surface area contributed by atoms with Crippen LogP contribution in [0, 0.1) is 0 Å². The van der Waals surface area contributed by atoms with Crippen molar-refractivity contribution in [2.75, 3.05) is 7.11 Å². The minimum Gasteiger partial charge on any atom is -0.859 e. The zero-order valence-electron chi connectivity index (χ0n) is 10.8. The fourth-order valence-electron chi connectivity index (χ4n) is 1.81. The lowest BCUT2D eigenvalue weighted by atomic mass is 10.2. The van der Waals surface area contributed by atoms with Crippen molar-refractivity contribution < 1.29 is 14.6 Å². The van der Waals surface area contributed by atoms with Gasteiger partial charge in [-0.05, 0) is 24.9 Å². The Labute approximate surface area is 113 Å². The molecular formula is C13H11N2O5-. The zero-order chi connectivity index (χ0) is 14.9. The predicted octanol–water partition coefficient (Wildman–Crippen LogP) is -0.189. The summed E-state index contributed by atoms with van der Waals surface area (Å²) in [6.07, 6.45) is 0. The van der Waals surface area contributed by atoms with Crippen molar-refractivity contribution >= 4 is 5.78 Å². The summed E-state index contributed by atoms with van der Waals surface area (Å²) in [5.74, 6) is -1.21. The Morgan fingerprint density at radius 1 is 1.35 bits per heavy atom. The maximum atomic E-state index is 12.1. The lowest BCUT2D eigenvalue weighted by Gasteiger charge is -2.18. The monoisotopic (exact) mass is 275 g/mol. The first kappa shape index (κ1) is 13.6. The number of H-pyrrole nitrogens is 1. The fourth-order valence-corrected chi connectivity index (χ4v) is 1.81. The summed E-state index contributed by atoms with van der Waals surface area (Å²) in [5.41, 5.74) is -2.25. The van der Waals surface area contributed by atoms with Gasteiger partial charge in [-0.15, -0.1) is 0 Å². The van der Waals surface area contributed by atoms with Crippen LogP contribution in [-0.4, -0.2) is 22.4 Å². The van der Waals surface area contributed by atoms with Crippen molar-refractivity contribution in [3.05, 3.63) is 50.7 Å². The van der Waals surface area contributed by atoms with E-state index in [4.69, 9.17) is 4.74 Å². The number of nitrogens with zero attached hydrogens (tertiary/aromatic N) is 1. The molecule has 0 saturated heterocycles. The molecule has 7 nitrogen and oxygen atoms in total. The van der Waals surface area contributed by atoms with Crippen LogP contribution in [0.2, 0.25) is 0 Å². The van der Waals surface area contributed by atoms with E-state index in [1.165, 1.54) is 19.2 Å². The molecule has 2 aromatic rings. The fraction of sp³-hybridized carbons (Fsp3) is 0.154. The largest absolute Gasteiger partial charge is 0.859 e. The Bertz CT molecular complexity index is 788. The number of carbonyl (C=O) groups excluding carboxylic acids is 1. The number of rotatable bonds is 3. The molecule has 0 spiro atoms. The topological polar surface area (TPSA) is 104 Å². The standard InChI is InChI=1S/C13H12N2O5/c1-7(16)10-11(17)14-13(19)15(12(10)18)8-4-3-5-9(6-8)20-2/h3-6,18H,1-2H3,(H,14,17,19)/p-1.